The molecule has 2 aromatic rings. The Kier molecular flexibility index (Phi) is 3.99. The van der Waals surface area contributed by atoms with Crippen molar-refractivity contribution in [3.05, 3.63) is 45.4 Å². The first kappa shape index (κ1) is 13.1. The zero-order chi connectivity index (χ0) is 13.1. The van der Waals surface area contributed by atoms with E-state index in [1.165, 1.54) is 0 Å². The van der Waals surface area contributed by atoms with E-state index in [1.807, 2.05) is 32.0 Å². The molecule has 2 rings (SSSR count). The maximum Gasteiger partial charge on any atom is 0.122 e. The summed E-state index contributed by atoms with van der Waals surface area (Å²) in [5.41, 5.74) is 2.89. The van der Waals surface area contributed by atoms with Crippen molar-refractivity contribution in [3.8, 4) is 5.75 Å². The molecule has 2 N–H and O–H groups in total. The highest BCUT2D eigenvalue weighted by Gasteiger charge is 2.10. The van der Waals surface area contributed by atoms with Crippen molar-refractivity contribution >= 4 is 11.3 Å². The molecule has 1 heterocycles. The van der Waals surface area contributed by atoms with E-state index in [9.17, 15) is 5.11 Å². The van der Waals surface area contributed by atoms with Crippen LogP contribution in [0.4, 0.5) is 0 Å². The average molecular weight is 262 g/mol. The molecule has 4 heteroatoms. The normalized spacial score (nSPS) is 12.6. The van der Waals surface area contributed by atoms with Gasteiger partial charge in [-0.05, 0) is 26.3 Å². The van der Waals surface area contributed by atoms with Gasteiger partial charge < -0.3 is 10.4 Å². The van der Waals surface area contributed by atoms with Crippen LogP contribution in [-0.2, 0) is 6.54 Å². The van der Waals surface area contributed by atoms with E-state index < -0.39 is 0 Å². The highest BCUT2D eigenvalue weighted by atomic mass is 32.1. The Hall–Kier alpha value is -1.39. The number of hydrogen-bond acceptors (Lipinski definition) is 4. The standard InChI is InChI=1S/C14H18N2OS/c1-9-5-4-6-12(13(9)17)7-15-11(3)14-16-10(2)8-18-14/h4-6,8,11,15,17H,7H2,1-3H3. The van der Waals surface area contributed by atoms with Gasteiger partial charge >= 0.3 is 0 Å². The molecule has 96 valence electrons. The van der Waals surface area contributed by atoms with Crippen LogP contribution in [0.5, 0.6) is 5.75 Å². The number of rotatable bonds is 4. The molecular weight excluding hydrogens is 244 g/mol. The van der Waals surface area contributed by atoms with E-state index in [2.05, 4.69) is 22.6 Å². The summed E-state index contributed by atoms with van der Waals surface area (Å²) in [6, 6.07) is 6.01. The molecule has 0 aliphatic carbocycles. The van der Waals surface area contributed by atoms with Crippen molar-refractivity contribution in [3.63, 3.8) is 0 Å². The predicted octanol–water partition coefficient (Wildman–Crippen LogP) is 3.32. The predicted molar refractivity (Wildman–Crippen MR) is 74.9 cm³/mol. The molecule has 18 heavy (non-hydrogen) atoms. The molecule has 3 nitrogen and oxygen atoms in total. The van der Waals surface area contributed by atoms with Gasteiger partial charge in [0.1, 0.15) is 10.8 Å². The minimum atomic E-state index is 0.198. The molecule has 1 aromatic carbocycles. The number of nitrogens with zero attached hydrogens (tertiary/aromatic N) is 1. The number of benzene rings is 1. The average Bonchev–Trinajstić information content (AvgIpc) is 2.77. The monoisotopic (exact) mass is 262 g/mol. The topological polar surface area (TPSA) is 45.1 Å². The summed E-state index contributed by atoms with van der Waals surface area (Å²) in [6.07, 6.45) is 0. The first-order chi connectivity index (χ1) is 8.58. The minimum Gasteiger partial charge on any atom is -0.507 e. The molecule has 0 saturated carbocycles. The molecule has 0 saturated heterocycles. The lowest BCUT2D eigenvalue weighted by atomic mass is 10.1. The Morgan fingerprint density at radius 3 is 2.83 bits per heavy atom. The second-order valence-electron chi connectivity index (χ2n) is 4.51. The Labute approximate surface area is 112 Å². The maximum absolute atomic E-state index is 9.93. The highest BCUT2D eigenvalue weighted by molar-refractivity contribution is 7.09. The number of phenolic OH excluding ortho intramolecular Hbond substituents is 1. The lowest BCUT2D eigenvalue weighted by Gasteiger charge is -2.12. The quantitative estimate of drug-likeness (QED) is 0.888. The molecular formula is C14H18N2OS. The number of nitrogens with one attached hydrogen (secondary N) is 1. The van der Waals surface area contributed by atoms with Crippen LogP contribution in [0.15, 0.2) is 23.6 Å². The number of hydrogen-bond donors (Lipinski definition) is 2. The lowest BCUT2D eigenvalue weighted by molar-refractivity contribution is 0.456. The summed E-state index contributed by atoms with van der Waals surface area (Å²) in [6.45, 7) is 6.64. The van der Waals surface area contributed by atoms with Crippen LogP contribution in [0.25, 0.3) is 0 Å². The number of phenols is 1. The van der Waals surface area contributed by atoms with Crippen molar-refractivity contribution in [2.24, 2.45) is 0 Å². The van der Waals surface area contributed by atoms with Gasteiger partial charge in [-0.1, -0.05) is 18.2 Å². The molecule has 0 spiro atoms. The van der Waals surface area contributed by atoms with Crippen molar-refractivity contribution in [1.29, 1.82) is 0 Å². The molecule has 0 fully saturated rings. The van der Waals surface area contributed by atoms with Gasteiger partial charge in [-0.2, -0.15) is 0 Å². The van der Waals surface area contributed by atoms with Gasteiger partial charge in [0.15, 0.2) is 0 Å². The molecule has 0 aliphatic heterocycles. The number of aryl methyl sites for hydroxylation is 2. The Morgan fingerprint density at radius 1 is 1.39 bits per heavy atom. The van der Waals surface area contributed by atoms with Crippen LogP contribution >= 0.6 is 11.3 Å². The van der Waals surface area contributed by atoms with Crippen LogP contribution in [-0.4, -0.2) is 10.1 Å². The third kappa shape index (κ3) is 2.89. The number of para-hydroxylation sites is 1. The molecule has 0 radical (unpaired) electrons. The molecule has 0 amide bonds. The fourth-order valence-electron chi connectivity index (χ4n) is 1.78. The van der Waals surface area contributed by atoms with Gasteiger partial charge in [0.25, 0.3) is 0 Å². The van der Waals surface area contributed by atoms with E-state index in [1.54, 1.807) is 11.3 Å². The third-order valence-electron chi connectivity index (χ3n) is 2.93. The van der Waals surface area contributed by atoms with Crippen LogP contribution in [0.3, 0.4) is 0 Å². The number of thiazole rings is 1. The second kappa shape index (κ2) is 5.50. The third-order valence-corrected chi connectivity index (χ3v) is 4.07. The Morgan fingerprint density at radius 2 is 2.17 bits per heavy atom. The summed E-state index contributed by atoms with van der Waals surface area (Å²) in [5, 5.41) is 16.5. The van der Waals surface area contributed by atoms with Gasteiger partial charge in [-0.15, -0.1) is 11.3 Å². The largest absolute Gasteiger partial charge is 0.507 e. The number of aromatic hydroxyl groups is 1. The zero-order valence-electron chi connectivity index (χ0n) is 10.9. The number of aromatic nitrogens is 1. The van der Waals surface area contributed by atoms with Gasteiger partial charge in [0, 0.05) is 23.2 Å². The maximum atomic E-state index is 9.93. The molecule has 0 aliphatic rings. The van der Waals surface area contributed by atoms with Crippen molar-refractivity contribution in [2.75, 3.05) is 0 Å². The van der Waals surface area contributed by atoms with E-state index >= 15 is 0 Å². The van der Waals surface area contributed by atoms with Gasteiger partial charge in [-0.3, -0.25) is 0 Å². The van der Waals surface area contributed by atoms with E-state index in [0.29, 0.717) is 12.3 Å². The minimum absolute atomic E-state index is 0.198. The smallest absolute Gasteiger partial charge is 0.122 e. The van der Waals surface area contributed by atoms with Crippen molar-refractivity contribution in [1.82, 2.24) is 10.3 Å². The van der Waals surface area contributed by atoms with Gasteiger partial charge in [0.2, 0.25) is 0 Å². The Balaban J connectivity index is 2.01. The van der Waals surface area contributed by atoms with Crippen molar-refractivity contribution < 1.29 is 5.11 Å². The van der Waals surface area contributed by atoms with E-state index in [-0.39, 0.29) is 6.04 Å². The van der Waals surface area contributed by atoms with Gasteiger partial charge in [-0.25, -0.2) is 4.98 Å². The molecule has 0 bridgehead atoms. The summed E-state index contributed by atoms with van der Waals surface area (Å²) in [5.74, 6) is 0.382. The van der Waals surface area contributed by atoms with Crippen LogP contribution in [0.2, 0.25) is 0 Å². The van der Waals surface area contributed by atoms with E-state index in [4.69, 9.17) is 0 Å². The summed E-state index contributed by atoms with van der Waals surface area (Å²) in [7, 11) is 0. The first-order valence-corrected chi connectivity index (χ1v) is 6.88. The SMILES string of the molecule is Cc1csc(C(C)NCc2cccc(C)c2O)n1. The van der Waals surface area contributed by atoms with E-state index in [0.717, 1.165) is 21.8 Å². The fourth-order valence-corrected chi connectivity index (χ4v) is 2.61. The fraction of sp³-hybridized carbons (Fsp3) is 0.357. The van der Waals surface area contributed by atoms with Crippen LogP contribution in [0, 0.1) is 13.8 Å². The Bertz CT molecular complexity index is 536. The lowest BCUT2D eigenvalue weighted by Crippen LogP contribution is -2.18. The van der Waals surface area contributed by atoms with Crippen LogP contribution in [0.1, 0.15) is 34.8 Å². The van der Waals surface area contributed by atoms with Crippen molar-refractivity contribution in [2.45, 2.75) is 33.4 Å². The highest BCUT2D eigenvalue weighted by Crippen LogP contribution is 2.23. The molecule has 1 aromatic heterocycles. The first-order valence-electron chi connectivity index (χ1n) is 6.01. The summed E-state index contributed by atoms with van der Waals surface area (Å²) in [4.78, 5) is 4.46. The van der Waals surface area contributed by atoms with Crippen LogP contribution < -0.4 is 5.32 Å². The summed E-state index contributed by atoms with van der Waals surface area (Å²) < 4.78 is 0. The molecule has 1 unspecified atom stereocenters. The van der Waals surface area contributed by atoms with Gasteiger partial charge in [0.05, 0.1) is 6.04 Å². The summed E-state index contributed by atoms with van der Waals surface area (Å²) >= 11 is 1.66. The molecule has 1 atom stereocenters. The second-order valence-corrected chi connectivity index (χ2v) is 5.40. The zero-order valence-corrected chi connectivity index (χ0v) is 11.7.